The topological polar surface area (TPSA) is 69.6 Å². The molecular formula is C16H20F2N2O3. The Hall–Kier alpha value is -2.18. The minimum absolute atomic E-state index is 0.118. The molecule has 1 aliphatic heterocycles. The van der Waals surface area contributed by atoms with Gasteiger partial charge in [0.05, 0.1) is 5.92 Å². The number of nitrogens with one attached hydrogen (secondary N) is 1. The maximum absolute atomic E-state index is 13.1. The van der Waals surface area contributed by atoms with E-state index in [1.54, 1.807) is 0 Å². The van der Waals surface area contributed by atoms with Crippen LogP contribution in [0.3, 0.4) is 0 Å². The predicted octanol–water partition coefficient (Wildman–Crippen LogP) is 2.26. The summed E-state index contributed by atoms with van der Waals surface area (Å²) in [4.78, 5) is 24.7. The molecule has 0 aliphatic carbocycles. The highest BCUT2D eigenvalue weighted by Crippen LogP contribution is 2.21. The van der Waals surface area contributed by atoms with Gasteiger partial charge in [-0.05, 0) is 36.5 Å². The fraction of sp³-hybridized carbons (Fsp3) is 0.500. The minimum atomic E-state index is -0.899. The molecule has 1 aliphatic rings. The van der Waals surface area contributed by atoms with Gasteiger partial charge in [-0.25, -0.2) is 13.6 Å². The van der Waals surface area contributed by atoms with Gasteiger partial charge in [0.2, 0.25) is 0 Å². The normalized spacial score (nSPS) is 21.1. The van der Waals surface area contributed by atoms with Gasteiger partial charge in [0.25, 0.3) is 0 Å². The van der Waals surface area contributed by atoms with Crippen molar-refractivity contribution in [1.82, 2.24) is 10.2 Å². The average Bonchev–Trinajstić information content (AvgIpc) is 2.45. The van der Waals surface area contributed by atoms with Crippen LogP contribution in [-0.4, -0.2) is 41.6 Å². The van der Waals surface area contributed by atoms with Crippen molar-refractivity contribution in [2.45, 2.75) is 19.8 Å². The van der Waals surface area contributed by atoms with Crippen molar-refractivity contribution >= 4 is 12.0 Å². The summed E-state index contributed by atoms with van der Waals surface area (Å²) in [6, 6.07) is 2.89. The second-order valence-electron chi connectivity index (χ2n) is 6.04. The number of carbonyl (C=O) groups excluding carboxylic acids is 1. The van der Waals surface area contributed by atoms with Gasteiger partial charge in [0, 0.05) is 25.7 Å². The fourth-order valence-electron chi connectivity index (χ4n) is 2.88. The van der Waals surface area contributed by atoms with E-state index in [4.69, 9.17) is 5.11 Å². The average molecular weight is 326 g/mol. The van der Waals surface area contributed by atoms with Crippen LogP contribution in [0.2, 0.25) is 0 Å². The van der Waals surface area contributed by atoms with E-state index in [-0.39, 0.29) is 25.0 Å². The summed E-state index contributed by atoms with van der Waals surface area (Å²) in [5.74, 6) is -2.64. The molecule has 1 fully saturated rings. The van der Waals surface area contributed by atoms with Crippen molar-refractivity contribution in [3.63, 3.8) is 0 Å². The van der Waals surface area contributed by atoms with Crippen molar-refractivity contribution in [3.05, 3.63) is 35.4 Å². The Balaban J connectivity index is 1.85. The first-order chi connectivity index (χ1) is 10.8. The van der Waals surface area contributed by atoms with Gasteiger partial charge in [-0.2, -0.15) is 0 Å². The van der Waals surface area contributed by atoms with Gasteiger partial charge in [0.15, 0.2) is 0 Å². The first-order valence-corrected chi connectivity index (χ1v) is 7.55. The molecule has 1 heterocycles. The molecule has 0 spiro atoms. The summed E-state index contributed by atoms with van der Waals surface area (Å²) in [6.45, 7) is 2.82. The van der Waals surface area contributed by atoms with Gasteiger partial charge >= 0.3 is 12.0 Å². The summed E-state index contributed by atoms with van der Waals surface area (Å²) in [5, 5.41) is 11.8. The second-order valence-corrected chi connectivity index (χ2v) is 6.04. The number of halogens is 2. The number of urea groups is 1. The van der Waals surface area contributed by atoms with E-state index >= 15 is 0 Å². The highest BCUT2D eigenvalue weighted by atomic mass is 19.1. The predicted molar refractivity (Wildman–Crippen MR) is 79.9 cm³/mol. The molecule has 1 aromatic carbocycles. The summed E-state index contributed by atoms with van der Waals surface area (Å²) in [6.07, 6.45) is 0.855. The molecule has 0 radical (unpaired) electrons. The number of likely N-dealkylation sites (tertiary alicyclic amines) is 1. The van der Waals surface area contributed by atoms with E-state index in [0.717, 1.165) is 6.07 Å². The number of nitrogens with zero attached hydrogens (tertiary/aromatic N) is 1. The molecule has 7 heteroatoms. The monoisotopic (exact) mass is 326 g/mol. The lowest BCUT2D eigenvalue weighted by Gasteiger charge is -2.34. The van der Waals surface area contributed by atoms with Gasteiger partial charge in [-0.1, -0.05) is 6.92 Å². The zero-order chi connectivity index (χ0) is 17.0. The van der Waals surface area contributed by atoms with Gasteiger partial charge in [-0.15, -0.1) is 0 Å². The molecule has 126 valence electrons. The highest BCUT2D eigenvalue weighted by molar-refractivity contribution is 5.76. The van der Waals surface area contributed by atoms with Crippen LogP contribution in [0.15, 0.2) is 18.2 Å². The number of rotatable bonds is 4. The summed E-state index contributed by atoms with van der Waals surface area (Å²) in [5.41, 5.74) is 0.457. The van der Waals surface area contributed by atoms with Gasteiger partial charge < -0.3 is 15.3 Å². The number of piperidine rings is 1. The van der Waals surface area contributed by atoms with Crippen molar-refractivity contribution < 1.29 is 23.5 Å². The number of carboxylic acids is 1. The molecule has 2 amide bonds. The van der Waals surface area contributed by atoms with Crippen LogP contribution in [0.5, 0.6) is 0 Å². The Labute approximate surface area is 133 Å². The third kappa shape index (κ3) is 4.91. The lowest BCUT2D eigenvalue weighted by atomic mass is 9.91. The number of amides is 2. The van der Waals surface area contributed by atoms with Crippen LogP contribution in [0.1, 0.15) is 18.9 Å². The Morgan fingerprint density at radius 1 is 1.26 bits per heavy atom. The summed E-state index contributed by atoms with van der Waals surface area (Å²) in [7, 11) is 0. The number of carboxylic acid groups (broad SMARTS) is 1. The van der Waals surface area contributed by atoms with E-state index in [2.05, 4.69) is 5.32 Å². The number of aliphatic carboxylic acids is 1. The lowest BCUT2D eigenvalue weighted by Crippen LogP contribution is -2.49. The van der Waals surface area contributed by atoms with E-state index in [0.29, 0.717) is 24.9 Å². The molecule has 2 rings (SSSR count). The van der Waals surface area contributed by atoms with E-state index in [1.807, 2.05) is 6.92 Å². The molecule has 0 bridgehead atoms. The summed E-state index contributed by atoms with van der Waals surface area (Å²) >= 11 is 0. The zero-order valence-electron chi connectivity index (χ0n) is 12.9. The van der Waals surface area contributed by atoms with Crippen LogP contribution in [0.4, 0.5) is 13.6 Å². The molecule has 0 saturated carbocycles. The van der Waals surface area contributed by atoms with E-state index in [9.17, 15) is 18.4 Å². The van der Waals surface area contributed by atoms with Gasteiger partial charge in [-0.3, -0.25) is 4.79 Å². The first-order valence-electron chi connectivity index (χ1n) is 7.55. The molecule has 2 atom stereocenters. The molecular weight excluding hydrogens is 306 g/mol. The minimum Gasteiger partial charge on any atom is -0.481 e. The van der Waals surface area contributed by atoms with Gasteiger partial charge in [0.1, 0.15) is 11.6 Å². The number of carbonyl (C=O) groups is 2. The van der Waals surface area contributed by atoms with Crippen molar-refractivity contribution in [2.75, 3.05) is 19.6 Å². The lowest BCUT2D eigenvalue weighted by molar-refractivity contribution is -0.143. The Kier molecular flexibility index (Phi) is 5.52. The molecule has 0 aromatic heterocycles. The number of hydrogen-bond acceptors (Lipinski definition) is 2. The molecule has 1 saturated heterocycles. The molecule has 1 aromatic rings. The maximum Gasteiger partial charge on any atom is 0.317 e. The highest BCUT2D eigenvalue weighted by Gasteiger charge is 2.31. The smallest absolute Gasteiger partial charge is 0.317 e. The Morgan fingerprint density at radius 3 is 2.52 bits per heavy atom. The SMILES string of the molecule is CC1CC(C(=O)O)CN(C(=O)NCCc2cc(F)cc(F)c2)C1. The van der Waals surface area contributed by atoms with Crippen molar-refractivity contribution in [1.29, 1.82) is 0 Å². The number of hydrogen-bond donors (Lipinski definition) is 2. The molecule has 23 heavy (non-hydrogen) atoms. The largest absolute Gasteiger partial charge is 0.481 e. The van der Waals surface area contributed by atoms with Crippen LogP contribution < -0.4 is 5.32 Å². The first kappa shape index (κ1) is 17.2. The standard InChI is InChI=1S/C16H20F2N2O3/c1-10-4-12(15(21)22)9-20(8-10)16(23)19-3-2-11-5-13(17)7-14(18)6-11/h5-7,10,12H,2-4,8-9H2,1H3,(H,19,23)(H,21,22). The van der Waals surface area contributed by atoms with Crippen molar-refractivity contribution in [2.24, 2.45) is 11.8 Å². The van der Waals surface area contributed by atoms with E-state index in [1.165, 1.54) is 17.0 Å². The molecule has 5 nitrogen and oxygen atoms in total. The number of benzene rings is 1. The fourth-order valence-corrected chi connectivity index (χ4v) is 2.88. The van der Waals surface area contributed by atoms with E-state index < -0.39 is 23.5 Å². The summed E-state index contributed by atoms with van der Waals surface area (Å²) < 4.78 is 26.2. The van der Waals surface area contributed by atoms with Crippen molar-refractivity contribution in [3.8, 4) is 0 Å². The quantitative estimate of drug-likeness (QED) is 0.892. The third-order valence-electron chi connectivity index (χ3n) is 3.91. The third-order valence-corrected chi connectivity index (χ3v) is 3.91. The van der Waals surface area contributed by atoms with Crippen LogP contribution in [-0.2, 0) is 11.2 Å². The second kappa shape index (κ2) is 7.39. The van der Waals surface area contributed by atoms with Crippen LogP contribution in [0, 0.1) is 23.5 Å². The maximum atomic E-state index is 13.1. The van der Waals surface area contributed by atoms with Crippen LogP contribution in [0.25, 0.3) is 0 Å². The Bertz CT molecular complexity index is 574. The molecule has 2 unspecified atom stereocenters. The Morgan fingerprint density at radius 2 is 1.91 bits per heavy atom. The zero-order valence-corrected chi connectivity index (χ0v) is 12.9. The molecule has 2 N–H and O–H groups in total. The van der Waals surface area contributed by atoms with Crippen LogP contribution >= 0.6 is 0 Å².